The maximum Gasteiger partial charge on any atom is 0.227 e. The molecule has 1 aromatic heterocycles. The molecule has 1 saturated heterocycles. The van der Waals surface area contributed by atoms with Crippen LogP contribution in [0, 0.1) is 5.41 Å². The van der Waals surface area contributed by atoms with Crippen molar-refractivity contribution in [2.45, 2.75) is 19.4 Å². The minimum atomic E-state index is -0.460. The van der Waals surface area contributed by atoms with Gasteiger partial charge in [0.2, 0.25) is 5.91 Å². The largest absolute Gasteiger partial charge is 0.381 e. The summed E-state index contributed by atoms with van der Waals surface area (Å²) in [6.07, 6.45) is 3.05. The van der Waals surface area contributed by atoms with Crippen LogP contribution >= 0.6 is 0 Å². The highest BCUT2D eigenvalue weighted by Crippen LogP contribution is 2.29. The van der Waals surface area contributed by atoms with Crippen molar-refractivity contribution in [2.75, 3.05) is 19.8 Å². The molecule has 0 unspecified atom stereocenters. The average Bonchev–Trinajstić information content (AvgIpc) is 2.90. The molecule has 2 rings (SSSR count). The zero-order valence-electron chi connectivity index (χ0n) is 9.74. The van der Waals surface area contributed by atoms with Crippen LogP contribution in [0.15, 0.2) is 12.3 Å². The van der Waals surface area contributed by atoms with Crippen molar-refractivity contribution in [1.82, 2.24) is 15.5 Å². The molecule has 0 aromatic carbocycles. The highest BCUT2D eigenvalue weighted by molar-refractivity contribution is 5.82. The van der Waals surface area contributed by atoms with Gasteiger partial charge in [0, 0.05) is 26.0 Å². The second-order valence-electron chi connectivity index (χ2n) is 4.36. The Morgan fingerprint density at radius 2 is 2.35 bits per heavy atom. The molecule has 6 heteroatoms. The Morgan fingerprint density at radius 1 is 1.59 bits per heavy atom. The Hall–Kier alpha value is -1.40. The van der Waals surface area contributed by atoms with Crippen LogP contribution in [0.1, 0.15) is 18.5 Å². The van der Waals surface area contributed by atoms with Crippen LogP contribution in [-0.4, -0.2) is 35.9 Å². The van der Waals surface area contributed by atoms with Crippen molar-refractivity contribution in [3.8, 4) is 0 Å². The number of H-pyrrole nitrogens is 1. The summed E-state index contributed by atoms with van der Waals surface area (Å²) >= 11 is 0. The molecule has 1 aliphatic heterocycles. The minimum Gasteiger partial charge on any atom is -0.381 e. The number of hydrogen-bond donors (Lipinski definition) is 3. The summed E-state index contributed by atoms with van der Waals surface area (Å²) in [5, 5.41) is 9.54. The number of nitrogens with two attached hydrogens (primary N) is 1. The predicted octanol–water partition coefficient (Wildman–Crippen LogP) is -0.219. The van der Waals surface area contributed by atoms with Crippen molar-refractivity contribution >= 4 is 5.91 Å². The number of nitrogens with one attached hydrogen (secondary N) is 2. The lowest BCUT2D eigenvalue weighted by Gasteiger charge is -2.34. The lowest BCUT2D eigenvalue weighted by Crippen LogP contribution is -2.49. The first-order valence-corrected chi connectivity index (χ1v) is 5.81. The molecule has 1 fully saturated rings. The number of amides is 1. The van der Waals surface area contributed by atoms with Gasteiger partial charge in [-0.25, -0.2) is 0 Å². The number of hydrogen-bond acceptors (Lipinski definition) is 4. The van der Waals surface area contributed by atoms with Crippen molar-refractivity contribution in [3.05, 3.63) is 18.0 Å². The van der Waals surface area contributed by atoms with E-state index in [9.17, 15) is 4.79 Å². The molecule has 2 heterocycles. The van der Waals surface area contributed by atoms with E-state index in [0.29, 0.717) is 39.1 Å². The third kappa shape index (κ3) is 2.65. The second-order valence-corrected chi connectivity index (χ2v) is 4.36. The van der Waals surface area contributed by atoms with E-state index >= 15 is 0 Å². The predicted molar refractivity (Wildman–Crippen MR) is 62.0 cm³/mol. The van der Waals surface area contributed by atoms with Gasteiger partial charge in [-0.2, -0.15) is 5.10 Å². The molecule has 1 amide bonds. The van der Waals surface area contributed by atoms with Gasteiger partial charge in [0.15, 0.2) is 0 Å². The highest BCUT2D eigenvalue weighted by Gasteiger charge is 2.38. The molecular formula is C11H18N4O2. The van der Waals surface area contributed by atoms with Gasteiger partial charge in [-0.3, -0.25) is 9.89 Å². The Kier molecular flexibility index (Phi) is 3.75. The van der Waals surface area contributed by atoms with E-state index in [4.69, 9.17) is 10.5 Å². The van der Waals surface area contributed by atoms with E-state index in [1.165, 1.54) is 0 Å². The van der Waals surface area contributed by atoms with Crippen molar-refractivity contribution in [3.63, 3.8) is 0 Å². The lowest BCUT2D eigenvalue weighted by atomic mass is 9.79. The normalized spacial score (nSPS) is 18.9. The molecule has 0 aliphatic carbocycles. The first-order chi connectivity index (χ1) is 8.27. The number of carbonyl (C=O) groups excluding carboxylic acids is 1. The smallest absolute Gasteiger partial charge is 0.227 e. The first-order valence-electron chi connectivity index (χ1n) is 5.81. The highest BCUT2D eigenvalue weighted by atomic mass is 16.5. The van der Waals surface area contributed by atoms with Crippen LogP contribution in [0.5, 0.6) is 0 Å². The topological polar surface area (TPSA) is 93.0 Å². The molecule has 0 atom stereocenters. The van der Waals surface area contributed by atoms with Crippen molar-refractivity contribution < 1.29 is 9.53 Å². The standard InChI is InChI=1S/C11H18N4O2/c12-8-11(2-5-17-6-3-11)10(16)13-7-9-1-4-14-15-9/h1,4H,2-3,5-8,12H2,(H,13,16)(H,14,15). The molecule has 17 heavy (non-hydrogen) atoms. The number of aromatic amines is 1. The van der Waals surface area contributed by atoms with Gasteiger partial charge in [0.05, 0.1) is 17.7 Å². The van der Waals surface area contributed by atoms with Gasteiger partial charge >= 0.3 is 0 Å². The summed E-state index contributed by atoms with van der Waals surface area (Å²) in [6, 6.07) is 1.83. The van der Waals surface area contributed by atoms with Crippen molar-refractivity contribution in [1.29, 1.82) is 0 Å². The molecule has 94 valence electrons. The van der Waals surface area contributed by atoms with Crippen LogP contribution in [0.25, 0.3) is 0 Å². The number of carbonyl (C=O) groups is 1. The van der Waals surface area contributed by atoms with E-state index in [1.54, 1.807) is 6.20 Å². The van der Waals surface area contributed by atoms with Gasteiger partial charge in [-0.05, 0) is 18.9 Å². The Bertz CT molecular complexity index is 358. The SMILES string of the molecule is NCC1(C(=O)NCc2ccn[nH]2)CCOCC1. The molecule has 6 nitrogen and oxygen atoms in total. The van der Waals surface area contributed by atoms with Gasteiger partial charge < -0.3 is 15.8 Å². The third-order valence-electron chi connectivity index (χ3n) is 3.32. The maximum atomic E-state index is 12.2. The number of nitrogens with zero attached hydrogens (tertiary/aromatic N) is 1. The first kappa shape index (κ1) is 12.1. The van der Waals surface area contributed by atoms with E-state index in [-0.39, 0.29) is 5.91 Å². The fourth-order valence-electron chi connectivity index (χ4n) is 2.03. The molecule has 0 bridgehead atoms. The van der Waals surface area contributed by atoms with Crippen molar-refractivity contribution in [2.24, 2.45) is 11.1 Å². The molecule has 1 aliphatic rings. The fraction of sp³-hybridized carbons (Fsp3) is 0.636. The summed E-state index contributed by atoms with van der Waals surface area (Å²) in [7, 11) is 0. The van der Waals surface area contributed by atoms with Gasteiger partial charge in [-0.15, -0.1) is 0 Å². The third-order valence-corrected chi connectivity index (χ3v) is 3.32. The van der Waals surface area contributed by atoms with Gasteiger partial charge in [0.25, 0.3) is 0 Å². The monoisotopic (exact) mass is 238 g/mol. The summed E-state index contributed by atoms with van der Waals surface area (Å²) < 4.78 is 5.28. The van der Waals surface area contributed by atoms with E-state index in [2.05, 4.69) is 15.5 Å². The molecule has 1 aromatic rings. The second kappa shape index (κ2) is 5.29. The van der Waals surface area contributed by atoms with E-state index < -0.39 is 5.41 Å². The van der Waals surface area contributed by atoms with Crippen LogP contribution in [0.2, 0.25) is 0 Å². The van der Waals surface area contributed by atoms with E-state index in [0.717, 1.165) is 5.69 Å². The minimum absolute atomic E-state index is 0.0119. The molecule has 0 spiro atoms. The molecular weight excluding hydrogens is 220 g/mol. The Morgan fingerprint density at radius 3 is 2.94 bits per heavy atom. The fourth-order valence-corrected chi connectivity index (χ4v) is 2.03. The molecule has 0 radical (unpaired) electrons. The summed E-state index contributed by atoms with van der Waals surface area (Å²) in [6.45, 7) is 2.04. The zero-order valence-corrected chi connectivity index (χ0v) is 9.74. The Labute approximate surface area is 99.9 Å². The van der Waals surface area contributed by atoms with Crippen LogP contribution in [0.3, 0.4) is 0 Å². The van der Waals surface area contributed by atoms with Crippen LogP contribution in [0.4, 0.5) is 0 Å². The summed E-state index contributed by atoms with van der Waals surface area (Å²) in [5.74, 6) is 0.0119. The summed E-state index contributed by atoms with van der Waals surface area (Å²) in [5.41, 5.74) is 6.18. The van der Waals surface area contributed by atoms with Crippen LogP contribution < -0.4 is 11.1 Å². The number of rotatable bonds is 4. The number of ether oxygens (including phenoxy) is 1. The quantitative estimate of drug-likeness (QED) is 0.676. The van der Waals surface area contributed by atoms with E-state index in [1.807, 2.05) is 6.07 Å². The average molecular weight is 238 g/mol. The van der Waals surface area contributed by atoms with Crippen LogP contribution in [-0.2, 0) is 16.1 Å². The lowest BCUT2D eigenvalue weighted by molar-refractivity contribution is -0.136. The number of aromatic nitrogens is 2. The maximum absolute atomic E-state index is 12.2. The molecule has 0 saturated carbocycles. The van der Waals surface area contributed by atoms with Gasteiger partial charge in [-0.1, -0.05) is 0 Å². The van der Waals surface area contributed by atoms with Gasteiger partial charge in [0.1, 0.15) is 0 Å². The molecule has 4 N–H and O–H groups in total. The summed E-state index contributed by atoms with van der Waals surface area (Å²) in [4.78, 5) is 12.2. The zero-order chi connectivity index (χ0) is 12.1. The Balaban J connectivity index is 1.93.